The van der Waals surface area contributed by atoms with Crippen molar-refractivity contribution >= 4 is 12.2 Å². The zero-order valence-corrected chi connectivity index (χ0v) is 8.84. The Balaban J connectivity index is 2.17. The summed E-state index contributed by atoms with van der Waals surface area (Å²) in [6.45, 7) is 2.88. The summed E-state index contributed by atoms with van der Waals surface area (Å²) in [5.41, 5.74) is 0. The molecule has 0 spiro atoms. The minimum Gasteiger partial charge on any atom is -0.383 e. The summed E-state index contributed by atoms with van der Waals surface area (Å²) < 4.78 is 12.8. The van der Waals surface area contributed by atoms with Crippen molar-refractivity contribution in [2.45, 2.75) is 12.5 Å². The minimum absolute atomic E-state index is 0.389. The standard InChI is InChI=1S/C8H13N3O2S/c1-12-3-2-11-7(6-4-13-5-6)9-10-8(11)14/h6H,2-5H2,1H3,(H,10,14). The predicted octanol–water partition coefficient (Wildman–Crippen LogP) is 0.701. The van der Waals surface area contributed by atoms with Crippen LogP contribution < -0.4 is 0 Å². The Kier molecular flexibility index (Phi) is 2.95. The molecule has 78 valence electrons. The molecule has 1 aromatic heterocycles. The van der Waals surface area contributed by atoms with Gasteiger partial charge in [-0.1, -0.05) is 0 Å². The van der Waals surface area contributed by atoms with E-state index < -0.39 is 0 Å². The molecule has 0 atom stereocenters. The number of rotatable bonds is 4. The highest BCUT2D eigenvalue weighted by Gasteiger charge is 2.25. The van der Waals surface area contributed by atoms with Gasteiger partial charge in [-0.2, -0.15) is 5.10 Å². The summed E-state index contributed by atoms with van der Waals surface area (Å²) in [4.78, 5) is 0. The van der Waals surface area contributed by atoms with Crippen LogP contribution in [-0.2, 0) is 16.0 Å². The van der Waals surface area contributed by atoms with Gasteiger partial charge in [-0.15, -0.1) is 0 Å². The number of H-pyrrole nitrogens is 1. The fraction of sp³-hybridized carbons (Fsp3) is 0.750. The van der Waals surface area contributed by atoms with Crippen molar-refractivity contribution in [3.63, 3.8) is 0 Å². The average molecular weight is 215 g/mol. The lowest BCUT2D eigenvalue weighted by Crippen LogP contribution is -2.28. The van der Waals surface area contributed by atoms with Gasteiger partial charge in [0.15, 0.2) is 4.77 Å². The van der Waals surface area contributed by atoms with E-state index in [2.05, 4.69) is 10.2 Å². The zero-order valence-electron chi connectivity index (χ0n) is 8.02. The molecule has 1 aliphatic rings. The number of nitrogens with zero attached hydrogens (tertiary/aromatic N) is 2. The summed E-state index contributed by atoms with van der Waals surface area (Å²) in [5, 5.41) is 7.00. The number of ether oxygens (including phenoxy) is 2. The SMILES string of the molecule is COCCn1c(C2COC2)n[nH]c1=S. The third-order valence-corrected chi connectivity index (χ3v) is 2.62. The van der Waals surface area contributed by atoms with Crippen molar-refractivity contribution in [2.75, 3.05) is 26.9 Å². The number of hydrogen-bond donors (Lipinski definition) is 1. The smallest absolute Gasteiger partial charge is 0.195 e. The third-order valence-electron chi connectivity index (χ3n) is 2.31. The molecule has 5 nitrogen and oxygen atoms in total. The van der Waals surface area contributed by atoms with Crippen molar-refractivity contribution in [3.05, 3.63) is 10.6 Å². The highest BCUT2D eigenvalue weighted by molar-refractivity contribution is 7.71. The van der Waals surface area contributed by atoms with Crippen LogP contribution in [0.2, 0.25) is 0 Å². The predicted molar refractivity (Wildman–Crippen MR) is 52.8 cm³/mol. The summed E-state index contributed by atoms with van der Waals surface area (Å²) >= 11 is 5.13. The molecule has 2 rings (SSSR count). The Hall–Kier alpha value is -0.720. The van der Waals surface area contributed by atoms with Crippen LogP contribution >= 0.6 is 12.2 Å². The van der Waals surface area contributed by atoms with Gasteiger partial charge in [-0.3, -0.25) is 5.10 Å². The number of methoxy groups -OCH3 is 1. The normalized spacial score (nSPS) is 16.9. The van der Waals surface area contributed by atoms with Gasteiger partial charge in [0.25, 0.3) is 0 Å². The lowest BCUT2D eigenvalue weighted by molar-refractivity contribution is 0.00289. The van der Waals surface area contributed by atoms with Crippen LogP contribution in [0.1, 0.15) is 11.7 Å². The Morgan fingerprint density at radius 3 is 3.07 bits per heavy atom. The molecule has 1 N–H and O–H groups in total. The van der Waals surface area contributed by atoms with Crippen LogP contribution in [0.25, 0.3) is 0 Å². The van der Waals surface area contributed by atoms with E-state index in [0.717, 1.165) is 25.6 Å². The average Bonchev–Trinajstić information content (AvgIpc) is 2.42. The molecule has 1 saturated heterocycles. The Bertz CT molecular complexity index is 356. The van der Waals surface area contributed by atoms with E-state index in [1.807, 2.05) is 4.57 Å². The van der Waals surface area contributed by atoms with Gasteiger partial charge in [0.1, 0.15) is 5.82 Å². The first-order valence-corrected chi connectivity index (χ1v) is 4.95. The zero-order chi connectivity index (χ0) is 9.97. The van der Waals surface area contributed by atoms with Gasteiger partial charge in [-0.25, -0.2) is 0 Å². The van der Waals surface area contributed by atoms with E-state index in [1.54, 1.807) is 7.11 Å². The number of aromatic amines is 1. The first-order valence-electron chi connectivity index (χ1n) is 4.54. The van der Waals surface area contributed by atoms with E-state index in [-0.39, 0.29) is 0 Å². The number of aromatic nitrogens is 3. The van der Waals surface area contributed by atoms with E-state index in [9.17, 15) is 0 Å². The fourth-order valence-electron chi connectivity index (χ4n) is 1.42. The van der Waals surface area contributed by atoms with Gasteiger partial charge in [0.05, 0.1) is 25.7 Å². The molecule has 1 fully saturated rings. The van der Waals surface area contributed by atoms with Gasteiger partial charge in [0, 0.05) is 13.7 Å². The molecule has 2 heterocycles. The van der Waals surface area contributed by atoms with E-state index in [4.69, 9.17) is 21.7 Å². The van der Waals surface area contributed by atoms with Crippen molar-refractivity contribution < 1.29 is 9.47 Å². The first kappa shape index (κ1) is 9.82. The quantitative estimate of drug-likeness (QED) is 0.751. The van der Waals surface area contributed by atoms with Crippen LogP contribution in [0, 0.1) is 4.77 Å². The van der Waals surface area contributed by atoms with E-state index in [1.165, 1.54) is 0 Å². The first-order chi connectivity index (χ1) is 6.83. The molecular formula is C8H13N3O2S. The van der Waals surface area contributed by atoms with Gasteiger partial charge >= 0.3 is 0 Å². The number of hydrogen-bond acceptors (Lipinski definition) is 4. The molecule has 14 heavy (non-hydrogen) atoms. The van der Waals surface area contributed by atoms with Crippen molar-refractivity contribution in [1.29, 1.82) is 0 Å². The molecule has 0 radical (unpaired) electrons. The molecule has 0 bridgehead atoms. The number of nitrogens with one attached hydrogen (secondary N) is 1. The molecule has 1 aromatic rings. The minimum atomic E-state index is 0.389. The van der Waals surface area contributed by atoms with Crippen molar-refractivity contribution in [1.82, 2.24) is 14.8 Å². The van der Waals surface area contributed by atoms with Crippen LogP contribution in [-0.4, -0.2) is 41.7 Å². The topological polar surface area (TPSA) is 52.1 Å². The van der Waals surface area contributed by atoms with Crippen molar-refractivity contribution in [3.8, 4) is 0 Å². The summed E-state index contributed by atoms with van der Waals surface area (Å²) in [6, 6.07) is 0. The second-order valence-electron chi connectivity index (χ2n) is 3.27. The Labute approximate surface area is 87.0 Å². The molecular weight excluding hydrogens is 202 g/mol. The molecule has 6 heteroatoms. The molecule has 0 amide bonds. The van der Waals surface area contributed by atoms with Crippen LogP contribution in [0.3, 0.4) is 0 Å². The van der Waals surface area contributed by atoms with Crippen LogP contribution in [0.15, 0.2) is 0 Å². The highest BCUT2D eigenvalue weighted by Crippen LogP contribution is 2.21. The lowest BCUT2D eigenvalue weighted by atomic mass is 10.1. The summed E-state index contributed by atoms with van der Waals surface area (Å²) in [7, 11) is 1.68. The Morgan fingerprint density at radius 2 is 2.50 bits per heavy atom. The molecule has 0 aromatic carbocycles. The van der Waals surface area contributed by atoms with Crippen LogP contribution in [0.5, 0.6) is 0 Å². The second kappa shape index (κ2) is 4.20. The maximum atomic E-state index is 5.13. The molecule has 1 aliphatic heterocycles. The maximum Gasteiger partial charge on any atom is 0.195 e. The maximum absolute atomic E-state index is 5.13. The summed E-state index contributed by atoms with van der Waals surface area (Å²) in [5.74, 6) is 1.37. The molecule has 0 aliphatic carbocycles. The Morgan fingerprint density at radius 1 is 1.71 bits per heavy atom. The lowest BCUT2D eigenvalue weighted by Gasteiger charge is -2.25. The monoisotopic (exact) mass is 215 g/mol. The highest BCUT2D eigenvalue weighted by atomic mass is 32.1. The fourth-order valence-corrected chi connectivity index (χ4v) is 1.66. The molecule has 0 unspecified atom stereocenters. The van der Waals surface area contributed by atoms with Crippen molar-refractivity contribution in [2.24, 2.45) is 0 Å². The third kappa shape index (κ3) is 1.73. The van der Waals surface area contributed by atoms with Crippen LogP contribution in [0.4, 0.5) is 0 Å². The molecule has 0 saturated carbocycles. The summed E-state index contributed by atoms with van der Waals surface area (Å²) in [6.07, 6.45) is 0. The largest absolute Gasteiger partial charge is 0.383 e. The second-order valence-corrected chi connectivity index (χ2v) is 3.65. The van der Waals surface area contributed by atoms with E-state index in [0.29, 0.717) is 17.3 Å². The van der Waals surface area contributed by atoms with E-state index >= 15 is 0 Å². The van der Waals surface area contributed by atoms with Gasteiger partial charge in [-0.05, 0) is 12.2 Å². The van der Waals surface area contributed by atoms with Gasteiger partial charge < -0.3 is 14.0 Å². The van der Waals surface area contributed by atoms with Gasteiger partial charge in [0.2, 0.25) is 0 Å².